The third kappa shape index (κ3) is 3.81. The Kier molecular flexibility index (Phi) is 4.64. The Morgan fingerprint density at radius 1 is 1.58 bits per heavy atom. The van der Waals surface area contributed by atoms with E-state index in [1.807, 2.05) is 0 Å². The smallest absolute Gasteiger partial charge is 0.364 e. The van der Waals surface area contributed by atoms with Crippen LogP contribution in [0.4, 0.5) is 20.3 Å². The standard InChI is InChI=1S/C9H9F2N3O5/c10-8(11)6(15)3-12-5-2-13-7(14(18)19)1-4(5)9(16)17/h1-2,6,8,12,15H,3H2,(H,16,17). The Morgan fingerprint density at radius 2 is 2.21 bits per heavy atom. The molecule has 1 aromatic heterocycles. The van der Waals surface area contributed by atoms with E-state index in [2.05, 4.69) is 10.3 Å². The van der Waals surface area contributed by atoms with Crippen LogP contribution in [0.1, 0.15) is 10.4 Å². The highest BCUT2D eigenvalue weighted by molar-refractivity contribution is 5.94. The highest BCUT2D eigenvalue weighted by Gasteiger charge is 2.21. The second-order valence-electron chi connectivity index (χ2n) is 3.43. The average Bonchev–Trinajstić information content (AvgIpc) is 2.35. The summed E-state index contributed by atoms with van der Waals surface area (Å²) in [5, 5.41) is 30.4. The van der Waals surface area contributed by atoms with Gasteiger partial charge in [-0.3, -0.25) is 0 Å². The van der Waals surface area contributed by atoms with Gasteiger partial charge in [-0.1, -0.05) is 0 Å². The van der Waals surface area contributed by atoms with E-state index in [1.165, 1.54) is 0 Å². The first-order chi connectivity index (χ1) is 8.82. The van der Waals surface area contributed by atoms with E-state index in [4.69, 9.17) is 10.2 Å². The monoisotopic (exact) mass is 277 g/mol. The maximum Gasteiger partial charge on any atom is 0.364 e. The summed E-state index contributed by atoms with van der Waals surface area (Å²) in [6.45, 7) is -0.614. The number of aliphatic hydroxyl groups excluding tert-OH is 1. The van der Waals surface area contributed by atoms with Gasteiger partial charge in [0.15, 0.2) is 6.20 Å². The van der Waals surface area contributed by atoms with Crippen molar-refractivity contribution in [2.75, 3.05) is 11.9 Å². The fourth-order valence-corrected chi connectivity index (χ4v) is 1.17. The van der Waals surface area contributed by atoms with Gasteiger partial charge in [0, 0.05) is 6.54 Å². The van der Waals surface area contributed by atoms with Gasteiger partial charge >= 0.3 is 11.8 Å². The number of aromatic carboxylic acids is 1. The number of carboxylic acid groups (broad SMARTS) is 1. The van der Waals surface area contributed by atoms with Gasteiger partial charge in [-0.15, -0.1) is 0 Å². The summed E-state index contributed by atoms with van der Waals surface area (Å²) in [6.07, 6.45) is -4.15. The lowest BCUT2D eigenvalue weighted by molar-refractivity contribution is -0.389. The average molecular weight is 277 g/mol. The second kappa shape index (κ2) is 6.00. The molecule has 0 bridgehead atoms. The van der Waals surface area contributed by atoms with E-state index in [-0.39, 0.29) is 5.69 Å². The lowest BCUT2D eigenvalue weighted by atomic mass is 10.2. The molecular weight excluding hydrogens is 268 g/mol. The number of carboxylic acids is 1. The number of rotatable bonds is 6. The highest BCUT2D eigenvalue weighted by atomic mass is 19.3. The van der Waals surface area contributed by atoms with Gasteiger partial charge < -0.3 is 25.6 Å². The number of anilines is 1. The largest absolute Gasteiger partial charge is 0.478 e. The Hall–Kier alpha value is -2.36. The number of nitrogens with one attached hydrogen (secondary N) is 1. The number of hydrogen-bond acceptors (Lipinski definition) is 6. The van der Waals surface area contributed by atoms with Gasteiger partial charge in [0.25, 0.3) is 6.43 Å². The van der Waals surface area contributed by atoms with Crippen LogP contribution < -0.4 is 5.32 Å². The van der Waals surface area contributed by atoms with Gasteiger partial charge in [0.05, 0.1) is 17.3 Å². The van der Waals surface area contributed by atoms with E-state index in [9.17, 15) is 23.7 Å². The molecule has 1 heterocycles. The molecule has 1 aromatic rings. The van der Waals surface area contributed by atoms with Crippen molar-refractivity contribution in [3.05, 3.63) is 27.9 Å². The zero-order valence-electron chi connectivity index (χ0n) is 9.29. The minimum Gasteiger partial charge on any atom is -0.478 e. The number of halogens is 2. The van der Waals surface area contributed by atoms with Gasteiger partial charge in [-0.25, -0.2) is 13.6 Å². The minimum atomic E-state index is -2.99. The molecule has 0 aliphatic carbocycles. The Bertz CT molecular complexity index is 497. The molecule has 0 saturated heterocycles. The number of carbonyl (C=O) groups is 1. The number of aromatic nitrogens is 1. The summed E-state index contributed by atoms with van der Waals surface area (Å²) in [5.74, 6) is -2.17. The summed E-state index contributed by atoms with van der Waals surface area (Å²) >= 11 is 0. The molecule has 0 fully saturated rings. The van der Waals surface area contributed by atoms with Crippen molar-refractivity contribution in [2.45, 2.75) is 12.5 Å². The quantitative estimate of drug-likeness (QED) is 0.516. The molecule has 0 amide bonds. The van der Waals surface area contributed by atoms with Crippen molar-refractivity contribution in [3.63, 3.8) is 0 Å². The van der Waals surface area contributed by atoms with Crippen LogP contribution in [0.3, 0.4) is 0 Å². The molecule has 0 radical (unpaired) electrons. The molecular formula is C9H9F2N3O5. The number of alkyl halides is 2. The summed E-state index contributed by atoms with van der Waals surface area (Å²) in [6, 6.07) is 0.694. The maximum atomic E-state index is 12.0. The Morgan fingerprint density at radius 3 is 2.68 bits per heavy atom. The van der Waals surface area contributed by atoms with Gasteiger partial charge in [0.2, 0.25) is 0 Å². The maximum absolute atomic E-state index is 12.0. The fraction of sp³-hybridized carbons (Fsp3) is 0.333. The number of nitro groups is 1. The third-order valence-electron chi connectivity index (χ3n) is 2.10. The Labute approximate surface area is 104 Å². The molecule has 0 aliphatic heterocycles. The summed E-state index contributed by atoms with van der Waals surface area (Å²) in [5.41, 5.74) is -0.694. The van der Waals surface area contributed by atoms with Crippen molar-refractivity contribution >= 4 is 17.5 Å². The lowest BCUT2D eigenvalue weighted by Crippen LogP contribution is -2.27. The molecule has 0 aromatic carbocycles. The number of pyridine rings is 1. The van der Waals surface area contributed by atoms with Gasteiger partial charge in [-0.05, 0) is 9.91 Å². The van der Waals surface area contributed by atoms with Crippen LogP contribution in [0.2, 0.25) is 0 Å². The van der Waals surface area contributed by atoms with Crippen LogP contribution >= 0.6 is 0 Å². The number of nitrogens with zero attached hydrogens (tertiary/aromatic N) is 2. The van der Waals surface area contributed by atoms with Crippen molar-refractivity contribution in [2.24, 2.45) is 0 Å². The molecule has 0 aliphatic rings. The van der Waals surface area contributed by atoms with Crippen molar-refractivity contribution in [1.82, 2.24) is 4.98 Å². The molecule has 0 saturated carbocycles. The van der Waals surface area contributed by atoms with E-state index < -0.39 is 41.3 Å². The topological polar surface area (TPSA) is 126 Å². The van der Waals surface area contributed by atoms with Crippen molar-refractivity contribution in [3.8, 4) is 0 Å². The van der Waals surface area contributed by atoms with E-state index >= 15 is 0 Å². The van der Waals surface area contributed by atoms with Crippen LogP contribution in [0.15, 0.2) is 12.3 Å². The highest BCUT2D eigenvalue weighted by Crippen LogP contribution is 2.19. The predicted molar refractivity (Wildman–Crippen MR) is 58.4 cm³/mol. The predicted octanol–water partition coefficient (Wildman–Crippen LogP) is 0.726. The molecule has 3 N–H and O–H groups in total. The van der Waals surface area contributed by atoms with Crippen LogP contribution in [0.5, 0.6) is 0 Å². The normalized spacial score (nSPS) is 12.2. The summed E-state index contributed by atoms with van der Waals surface area (Å²) in [7, 11) is 0. The van der Waals surface area contributed by atoms with Gasteiger partial charge in [-0.2, -0.15) is 0 Å². The molecule has 1 rings (SSSR count). The first-order valence-electron chi connectivity index (χ1n) is 4.90. The van der Waals surface area contributed by atoms with Gasteiger partial charge in [0.1, 0.15) is 6.10 Å². The molecule has 10 heteroatoms. The SMILES string of the molecule is O=C(O)c1cc([N+](=O)[O-])ncc1NCC(O)C(F)F. The zero-order valence-corrected chi connectivity index (χ0v) is 9.29. The summed E-state index contributed by atoms with van der Waals surface area (Å²) < 4.78 is 24.1. The number of aliphatic hydroxyl groups is 1. The Balaban J connectivity index is 2.94. The molecule has 1 unspecified atom stereocenters. The van der Waals surface area contributed by atoms with Crippen LogP contribution in [-0.2, 0) is 0 Å². The summed E-state index contributed by atoms with van der Waals surface area (Å²) in [4.78, 5) is 23.8. The van der Waals surface area contributed by atoms with Crippen LogP contribution in [0, 0.1) is 10.1 Å². The van der Waals surface area contributed by atoms with Crippen LogP contribution in [0.25, 0.3) is 0 Å². The van der Waals surface area contributed by atoms with Crippen LogP contribution in [-0.4, -0.2) is 45.2 Å². The van der Waals surface area contributed by atoms with E-state index in [0.29, 0.717) is 6.07 Å². The first kappa shape index (κ1) is 14.7. The molecule has 1 atom stereocenters. The minimum absolute atomic E-state index is 0.196. The molecule has 8 nitrogen and oxygen atoms in total. The van der Waals surface area contributed by atoms with Crippen molar-refractivity contribution < 1.29 is 28.7 Å². The van der Waals surface area contributed by atoms with Crippen molar-refractivity contribution in [1.29, 1.82) is 0 Å². The number of hydrogen-bond donors (Lipinski definition) is 3. The lowest BCUT2D eigenvalue weighted by Gasteiger charge is -2.12. The molecule has 0 spiro atoms. The molecule has 19 heavy (non-hydrogen) atoms. The second-order valence-corrected chi connectivity index (χ2v) is 3.43. The molecule has 104 valence electrons. The zero-order chi connectivity index (χ0) is 14.6. The fourth-order valence-electron chi connectivity index (χ4n) is 1.17. The third-order valence-corrected chi connectivity index (χ3v) is 2.10. The van der Waals surface area contributed by atoms with E-state index in [1.54, 1.807) is 0 Å². The van der Waals surface area contributed by atoms with E-state index in [0.717, 1.165) is 6.20 Å². The first-order valence-corrected chi connectivity index (χ1v) is 4.90.